The number of alkyl halides is 3. The molecular weight excluding hydrogens is 275 g/mol. The molecule has 0 aromatic heterocycles. The van der Waals surface area contributed by atoms with E-state index >= 15 is 0 Å². The van der Waals surface area contributed by atoms with Crippen LogP contribution in [0.2, 0.25) is 0 Å². The summed E-state index contributed by atoms with van der Waals surface area (Å²) in [5.74, 6) is 2.02. The molecule has 2 rings (SSSR count). The lowest BCUT2D eigenvalue weighted by Gasteiger charge is -2.28. The van der Waals surface area contributed by atoms with Gasteiger partial charge in [0, 0.05) is 31.1 Å². The topological polar surface area (TPSA) is 23.5 Å². The van der Waals surface area contributed by atoms with E-state index in [4.69, 9.17) is 0 Å². The average Bonchev–Trinajstić information content (AvgIpc) is 2.39. The van der Waals surface area contributed by atoms with Gasteiger partial charge in [-0.2, -0.15) is 24.9 Å². The first-order valence-electron chi connectivity index (χ1n) is 6.12. The lowest BCUT2D eigenvalue weighted by atomic mass is 10.1. The fourth-order valence-corrected chi connectivity index (χ4v) is 3.03. The SMILES string of the molecule is O[C@@H](CN1CCSCC1)c1cccc(C(F)(F)F)c1. The zero-order valence-electron chi connectivity index (χ0n) is 10.4. The van der Waals surface area contributed by atoms with Gasteiger partial charge in [0.1, 0.15) is 0 Å². The van der Waals surface area contributed by atoms with Crippen LogP contribution in [-0.4, -0.2) is 41.1 Å². The number of nitrogens with zero attached hydrogens (tertiary/aromatic N) is 1. The van der Waals surface area contributed by atoms with Crippen LogP contribution in [0.1, 0.15) is 17.2 Å². The molecule has 1 aliphatic heterocycles. The van der Waals surface area contributed by atoms with Crippen LogP contribution in [0.25, 0.3) is 0 Å². The predicted octanol–water partition coefficient (Wildman–Crippen LogP) is 2.79. The molecule has 1 saturated heterocycles. The van der Waals surface area contributed by atoms with Crippen molar-refractivity contribution in [3.63, 3.8) is 0 Å². The van der Waals surface area contributed by atoms with Crippen LogP contribution in [0.4, 0.5) is 13.2 Å². The van der Waals surface area contributed by atoms with Gasteiger partial charge in [-0.25, -0.2) is 0 Å². The van der Waals surface area contributed by atoms with E-state index < -0.39 is 17.8 Å². The highest BCUT2D eigenvalue weighted by Gasteiger charge is 2.31. The Kier molecular flexibility index (Phi) is 4.76. The van der Waals surface area contributed by atoms with Crippen LogP contribution < -0.4 is 0 Å². The van der Waals surface area contributed by atoms with E-state index in [1.165, 1.54) is 6.07 Å². The minimum atomic E-state index is -4.36. The molecule has 0 spiro atoms. The maximum absolute atomic E-state index is 12.6. The molecule has 1 N–H and O–H groups in total. The number of hydrogen-bond donors (Lipinski definition) is 1. The molecule has 0 radical (unpaired) electrons. The number of hydrogen-bond acceptors (Lipinski definition) is 3. The van der Waals surface area contributed by atoms with Crippen molar-refractivity contribution in [3.8, 4) is 0 Å². The second-order valence-electron chi connectivity index (χ2n) is 4.55. The van der Waals surface area contributed by atoms with Crippen LogP contribution in [-0.2, 0) is 6.18 Å². The van der Waals surface area contributed by atoms with E-state index in [0.717, 1.165) is 36.7 Å². The van der Waals surface area contributed by atoms with Gasteiger partial charge in [0.25, 0.3) is 0 Å². The lowest BCUT2D eigenvalue weighted by molar-refractivity contribution is -0.137. The van der Waals surface area contributed by atoms with Crippen molar-refractivity contribution in [2.75, 3.05) is 31.1 Å². The molecule has 0 saturated carbocycles. The Morgan fingerprint density at radius 1 is 1.26 bits per heavy atom. The maximum atomic E-state index is 12.6. The van der Waals surface area contributed by atoms with Crippen LogP contribution in [0.3, 0.4) is 0 Å². The lowest BCUT2D eigenvalue weighted by Crippen LogP contribution is -2.35. The first-order valence-corrected chi connectivity index (χ1v) is 7.27. The van der Waals surface area contributed by atoms with Crippen LogP contribution >= 0.6 is 11.8 Å². The van der Waals surface area contributed by atoms with Crippen LogP contribution in [0, 0.1) is 0 Å². The van der Waals surface area contributed by atoms with Crippen molar-refractivity contribution in [2.24, 2.45) is 0 Å². The molecule has 0 bridgehead atoms. The minimum Gasteiger partial charge on any atom is -0.387 e. The van der Waals surface area contributed by atoms with Crippen LogP contribution in [0.5, 0.6) is 0 Å². The number of halogens is 3. The summed E-state index contributed by atoms with van der Waals surface area (Å²) in [6, 6.07) is 4.93. The van der Waals surface area contributed by atoms with E-state index in [1.807, 2.05) is 11.8 Å². The summed E-state index contributed by atoms with van der Waals surface area (Å²) in [6.07, 6.45) is -5.23. The Bertz CT molecular complexity index is 419. The van der Waals surface area contributed by atoms with Gasteiger partial charge in [-0.05, 0) is 17.7 Å². The van der Waals surface area contributed by atoms with Gasteiger partial charge in [-0.1, -0.05) is 12.1 Å². The fraction of sp³-hybridized carbons (Fsp3) is 0.538. The second kappa shape index (κ2) is 6.15. The van der Waals surface area contributed by atoms with Gasteiger partial charge in [-0.3, -0.25) is 4.90 Å². The van der Waals surface area contributed by atoms with E-state index in [1.54, 1.807) is 6.07 Å². The number of aliphatic hydroxyl groups is 1. The third-order valence-electron chi connectivity index (χ3n) is 3.13. The monoisotopic (exact) mass is 291 g/mol. The number of aliphatic hydroxyl groups excluding tert-OH is 1. The van der Waals surface area contributed by atoms with E-state index in [9.17, 15) is 18.3 Å². The molecule has 1 aromatic rings. The average molecular weight is 291 g/mol. The Balaban J connectivity index is 2.04. The summed E-state index contributed by atoms with van der Waals surface area (Å²) in [5.41, 5.74) is -0.383. The van der Waals surface area contributed by atoms with E-state index in [-0.39, 0.29) is 0 Å². The first-order chi connectivity index (χ1) is 8.97. The standard InChI is InChI=1S/C13H16F3NOS/c14-13(15,16)11-3-1-2-10(8-11)12(18)9-17-4-6-19-7-5-17/h1-3,8,12,18H,4-7,9H2/t12-/m0/s1. The van der Waals surface area contributed by atoms with E-state index in [0.29, 0.717) is 12.1 Å². The maximum Gasteiger partial charge on any atom is 0.416 e. The molecule has 6 heteroatoms. The van der Waals surface area contributed by atoms with Gasteiger partial charge in [0.15, 0.2) is 0 Å². The Morgan fingerprint density at radius 2 is 1.95 bits per heavy atom. The smallest absolute Gasteiger partial charge is 0.387 e. The number of rotatable bonds is 3. The summed E-state index contributed by atoms with van der Waals surface area (Å²) in [6.45, 7) is 2.14. The molecule has 0 amide bonds. The van der Waals surface area contributed by atoms with Crippen molar-refractivity contribution in [1.29, 1.82) is 0 Å². The van der Waals surface area contributed by atoms with Gasteiger partial charge >= 0.3 is 6.18 Å². The number of benzene rings is 1. The fourth-order valence-electron chi connectivity index (χ4n) is 2.06. The molecule has 19 heavy (non-hydrogen) atoms. The minimum absolute atomic E-state index is 0.327. The molecular formula is C13H16F3NOS. The molecule has 2 nitrogen and oxygen atoms in total. The zero-order valence-corrected chi connectivity index (χ0v) is 11.2. The van der Waals surface area contributed by atoms with Crippen molar-refractivity contribution < 1.29 is 18.3 Å². The highest BCUT2D eigenvalue weighted by molar-refractivity contribution is 7.99. The summed E-state index contributed by atoms with van der Waals surface area (Å²) >= 11 is 1.86. The van der Waals surface area contributed by atoms with Gasteiger partial charge in [0.2, 0.25) is 0 Å². The van der Waals surface area contributed by atoms with Gasteiger partial charge in [0.05, 0.1) is 11.7 Å². The number of thioether (sulfide) groups is 1. The highest BCUT2D eigenvalue weighted by Crippen LogP contribution is 2.31. The molecule has 106 valence electrons. The summed E-state index contributed by atoms with van der Waals surface area (Å²) in [7, 11) is 0. The number of β-amino-alcohol motifs (C(OH)–C–C–N with tert-alkyl or cyclic N) is 1. The van der Waals surface area contributed by atoms with Crippen molar-refractivity contribution >= 4 is 11.8 Å². The Morgan fingerprint density at radius 3 is 2.58 bits per heavy atom. The molecule has 1 atom stereocenters. The van der Waals surface area contributed by atoms with Gasteiger partial charge < -0.3 is 5.11 Å². The Labute approximate surface area is 114 Å². The molecule has 0 unspecified atom stereocenters. The predicted molar refractivity (Wildman–Crippen MR) is 70.2 cm³/mol. The Hall–Kier alpha value is -0.720. The summed E-state index contributed by atoms with van der Waals surface area (Å²) < 4.78 is 37.8. The third kappa shape index (κ3) is 4.12. The highest BCUT2D eigenvalue weighted by atomic mass is 32.2. The van der Waals surface area contributed by atoms with Crippen LogP contribution in [0.15, 0.2) is 24.3 Å². The van der Waals surface area contributed by atoms with Gasteiger partial charge in [-0.15, -0.1) is 0 Å². The zero-order chi connectivity index (χ0) is 13.9. The van der Waals surface area contributed by atoms with Crippen molar-refractivity contribution in [1.82, 2.24) is 4.90 Å². The van der Waals surface area contributed by atoms with Crippen molar-refractivity contribution in [3.05, 3.63) is 35.4 Å². The molecule has 0 aliphatic carbocycles. The molecule has 1 aliphatic rings. The van der Waals surface area contributed by atoms with Crippen molar-refractivity contribution in [2.45, 2.75) is 12.3 Å². The molecule has 1 fully saturated rings. The summed E-state index contributed by atoms with van der Waals surface area (Å²) in [4.78, 5) is 2.08. The first kappa shape index (κ1) is 14.7. The largest absolute Gasteiger partial charge is 0.416 e. The quantitative estimate of drug-likeness (QED) is 0.926. The normalized spacial score (nSPS) is 19.4. The summed E-state index contributed by atoms with van der Waals surface area (Å²) in [5, 5.41) is 10.0. The molecule has 1 heterocycles. The second-order valence-corrected chi connectivity index (χ2v) is 5.78. The van der Waals surface area contributed by atoms with E-state index in [2.05, 4.69) is 4.90 Å². The molecule has 1 aromatic carbocycles. The third-order valence-corrected chi connectivity index (χ3v) is 4.08.